The number of ether oxygens (including phenoxy) is 1. The molecule has 0 amide bonds. The Bertz CT molecular complexity index is 387. The standard InChI is InChI=1S/C14H21N3O/c1-16-6-2-3-14(16)13-5-4-12(11-15-13)17-7-9-18-10-8-17/h4-5,11,14H,2-3,6-10H2,1H3/t14-/m0/s1. The molecule has 98 valence electrons. The monoisotopic (exact) mass is 247 g/mol. The lowest BCUT2D eigenvalue weighted by Crippen LogP contribution is -2.36. The normalized spacial score (nSPS) is 25.6. The lowest BCUT2D eigenvalue weighted by Gasteiger charge is -2.29. The van der Waals surface area contributed by atoms with Crippen LogP contribution in [-0.4, -0.2) is 49.8 Å². The zero-order chi connectivity index (χ0) is 12.4. The van der Waals surface area contributed by atoms with Crippen molar-refractivity contribution in [2.24, 2.45) is 0 Å². The van der Waals surface area contributed by atoms with Crippen LogP contribution in [0, 0.1) is 0 Å². The first kappa shape index (κ1) is 11.9. The number of anilines is 1. The maximum absolute atomic E-state index is 5.37. The molecule has 4 heteroatoms. The smallest absolute Gasteiger partial charge is 0.0642 e. The van der Waals surface area contributed by atoms with Gasteiger partial charge in [-0.2, -0.15) is 0 Å². The topological polar surface area (TPSA) is 28.6 Å². The van der Waals surface area contributed by atoms with Crippen LogP contribution in [0.25, 0.3) is 0 Å². The number of morpholine rings is 1. The molecule has 2 aliphatic rings. The second-order valence-corrected chi connectivity index (χ2v) is 5.18. The highest BCUT2D eigenvalue weighted by atomic mass is 16.5. The third kappa shape index (κ3) is 2.35. The van der Waals surface area contributed by atoms with E-state index in [1.807, 2.05) is 6.20 Å². The highest BCUT2D eigenvalue weighted by molar-refractivity contribution is 5.45. The Morgan fingerprint density at radius 3 is 2.67 bits per heavy atom. The van der Waals surface area contributed by atoms with Gasteiger partial charge >= 0.3 is 0 Å². The first-order valence-corrected chi connectivity index (χ1v) is 6.83. The highest BCUT2D eigenvalue weighted by Crippen LogP contribution is 2.29. The van der Waals surface area contributed by atoms with Gasteiger partial charge < -0.3 is 9.64 Å². The van der Waals surface area contributed by atoms with Gasteiger partial charge in [-0.05, 0) is 38.6 Å². The zero-order valence-electron chi connectivity index (χ0n) is 11.0. The summed E-state index contributed by atoms with van der Waals surface area (Å²) in [5, 5.41) is 0. The summed E-state index contributed by atoms with van der Waals surface area (Å²) in [6.45, 7) is 4.80. The lowest BCUT2D eigenvalue weighted by atomic mass is 10.1. The fraction of sp³-hybridized carbons (Fsp3) is 0.643. The molecule has 2 aliphatic heterocycles. The van der Waals surface area contributed by atoms with Crippen molar-refractivity contribution >= 4 is 5.69 Å². The van der Waals surface area contributed by atoms with E-state index in [0.717, 1.165) is 26.3 Å². The molecule has 0 aliphatic carbocycles. The summed E-state index contributed by atoms with van der Waals surface area (Å²) in [7, 11) is 2.19. The van der Waals surface area contributed by atoms with Gasteiger partial charge in [-0.1, -0.05) is 0 Å². The second-order valence-electron chi connectivity index (χ2n) is 5.18. The van der Waals surface area contributed by atoms with Crippen LogP contribution in [0.1, 0.15) is 24.6 Å². The quantitative estimate of drug-likeness (QED) is 0.795. The zero-order valence-corrected chi connectivity index (χ0v) is 11.0. The summed E-state index contributed by atoms with van der Waals surface area (Å²) in [5.41, 5.74) is 2.44. The number of hydrogen-bond donors (Lipinski definition) is 0. The van der Waals surface area contributed by atoms with Gasteiger partial charge in [-0.3, -0.25) is 9.88 Å². The third-order valence-corrected chi connectivity index (χ3v) is 4.01. The largest absolute Gasteiger partial charge is 0.378 e. The molecule has 0 N–H and O–H groups in total. The Morgan fingerprint density at radius 2 is 2.06 bits per heavy atom. The van der Waals surface area contributed by atoms with Gasteiger partial charge in [0.2, 0.25) is 0 Å². The second kappa shape index (κ2) is 5.24. The minimum absolute atomic E-state index is 0.517. The lowest BCUT2D eigenvalue weighted by molar-refractivity contribution is 0.122. The molecule has 0 bridgehead atoms. The van der Waals surface area contributed by atoms with Crippen molar-refractivity contribution in [2.45, 2.75) is 18.9 Å². The third-order valence-electron chi connectivity index (χ3n) is 4.01. The molecular weight excluding hydrogens is 226 g/mol. The van der Waals surface area contributed by atoms with Crippen molar-refractivity contribution in [1.82, 2.24) is 9.88 Å². The molecule has 4 nitrogen and oxygen atoms in total. The van der Waals surface area contributed by atoms with Crippen molar-refractivity contribution in [2.75, 3.05) is 44.8 Å². The van der Waals surface area contributed by atoms with Crippen LogP contribution in [-0.2, 0) is 4.74 Å². The Morgan fingerprint density at radius 1 is 1.22 bits per heavy atom. The van der Waals surface area contributed by atoms with E-state index >= 15 is 0 Å². The van der Waals surface area contributed by atoms with E-state index in [1.165, 1.54) is 30.8 Å². The van der Waals surface area contributed by atoms with Gasteiger partial charge in [0, 0.05) is 13.1 Å². The molecule has 0 aromatic carbocycles. The molecular formula is C14H21N3O. The number of nitrogens with zero attached hydrogens (tertiary/aromatic N) is 3. The summed E-state index contributed by atoms with van der Waals surface area (Å²) in [6, 6.07) is 4.92. The fourth-order valence-electron chi connectivity index (χ4n) is 2.89. The van der Waals surface area contributed by atoms with Crippen molar-refractivity contribution in [3.05, 3.63) is 24.0 Å². The Balaban J connectivity index is 1.72. The van der Waals surface area contributed by atoms with Crippen LogP contribution in [0.2, 0.25) is 0 Å². The highest BCUT2D eigenvalue weighted by Gasteiger charge is 2.23. The van der Waals surface area contributed by atoms with E-state index in [0.29, 0.717) is 6.04 Å². The summed E-state index contributed by atoms with van der Waals surface area (Å²) >= 11 is 0. The Hall–Kier alpha value is -1.13. The van der Waals surface area contributed by atoms with Crippen molar-refractivity contribution in [1.29, 1.82) is 0 Å². The molecule has 2 fully saturated rings. The minimum Gasteiger partial charge on any atom is -0.378 e. The summed E-state index contributed by atoms with van der Waals surface area (Å²) in [5.74, 6) is 0. The van der Waals surface area contributed by atoms with E-state index in [-0.39, 0.29) is 0 Å². The van der Waals surface area contributed by atoms with Crippen LogP contribution in [0.3, 0.4) is 0 Å². The first-order chi connectivity index (χ1) is 8.84. The number of aromatic nitrogens is 1. The number of hydrogen-bond acceptors (Lipinski definition) is 4. The number of rotatable bonds is 2. The van der Waals surface area contributed by atoms with Crippen LogP contribution in [0.5, 0.6) is 0 Å². The molecule has 1 atom stereocenters. The summed E-state index contributed by atoms with van der Waals surface area (Å²) < 4.78 is 5.37. The van der Waals surface area contributed by atoms with Gasteiger partial charge in [0.1, 0.15) is 0 Å². The predicted octanol–water partition coefficient (Wildman–Crippen LogP) is 1.68. The Labute approximate surface area is 109 Å². The van der Waals surface area contributed by atoms with Crippen LogP contribution in [0.4, 0.5) is 5.69 Å². The molecule has 18 heavy (non-hydrogen) atoms. The van der Waals surface area contributed by atoms with Crippen molar-refractivity contribution in [3.63, 3.8) is 0 Å². The van der Waals surface area contributed by atoms with E-state index in [4.69, 9.17) is 4.74 Å². The SMILES string of the molecule is CN1CCC[C@H]1c1ccc(N2CCOCC2)cn1. The van der Waals surface area contributed by atoms with Gasteiger partial charge in [0.05, 0.1) is 36.8 Å². The maximum atomic E-state index is 5.37. The number of likely N-dealkylation sites (tertiary alicyclic amines) is 1. The van der Waals surface area contributed by atoms with E-state index in [2.05, 4.69) is 34.0 Å². The molecule has 1 aromatic rings. The van der Waals surface area contributed by atoms with E-state index in [1.54, 1.807) is 0 Å². The first-order valence-electron chi connectivity index (χ1n) is 6.83. The van der Waals surface area contributed by atoms with E-state index < -0.39 is 0 Å². The fourth-order valence-corrected chi connectivity index (χ4v) is 2.89. The van der Waals surface area contributed by atoms with Gasteiger partial charge in [-0.15, -0.1) is 0 Å². The molecule has 0 spiro atoms. The Kier molecular flexibility index (Phi) is 3.48. The molecule has 3 rings (SSSR count). The van der Waals surface area contributed by atoms with Crippen LogP contribution >= 0.6 is 0 Å². The predicted molar refractivity (Wildman–Crippen MR) is 71.9 cm³/mol. The number of pyridine rings is 1. The molecule has 2 saturated heterocycles. The van der Waals surface area contributed by atoms with E-state index in [9.17, 15) is 0 Å². The molecule has 0 saturated carbocycles. The van der Waals surface area contributed by atoms with Crippen molar-refractivity contribution in [3.8, 4) is 0 Å². The van der Waals surface area contributed by atoms with Crippen LogP contribution < -0.4 is 4.90 Å². The van der Waals surface area contributed by atoms with Gasteiger partial charge in [-0.25, -0.2) is 0 Å². The van der Waals surface area contributed by atoms with Gasteiger partial charge in [0.15, 0.2) is 0 Å². The summed E-state index contributed by atoms with van der Waals surface area (Å²) in [6.07, 6.45) is 4.54. The summed E-state index contributed by atoms with van der Waals surface area (Å²) in [4.78, 5) is 9.41. The molecule has 3 heterocycles. The maximum Gasteiger partial charge on any atom is 0.0642 e. The van der Waals surface area contributed by atoms with Gasteiger partial charge in [0.25, 0.3) is 0 Å². The molecule has 0 unspecified atom stereocenters. The molecule has 0 radical (unpaired) electrons. The average molecular weight is 247 g/mol. The van der Waals surface area contributed by atoms with Crippen LogP contribution in [0.15, 0.2) is 18.3 Å². The minimum atomic E-state index is 0.517. The molecule has 1 aromatic heterocycles. The average Bonchev–Trinajstić information content (AvgIpc) is 2.86. The van der Waals surface area contributed by atoms with Crippen molar-refractivity contribution < 1.29 is 4.74 Å².